The molecule has 0 saturated heterocycles. The minimum atomic E-state index is -0.413. The fourth-order valence-corrected chi connectivity index (χ4v) is 7.11. The zero-order valence-corrected chi connectivity index (χ0v) is 25.2. The van der Waals surface area contributed by atoms with E-state index in [9.17, 15) is 20.2 Å². The summed E-state index contributed by atoms with van der Waals surface area (Å²) in [5.41, 5.74) is 3.49. The van der Waals surface area contributed by atoms with Gasteiger partial charge in [-0.25, -0.2) is 0 Å². The van der Waals surface area contributed by atoms with Gasteiger partial charge in [-0.05, 0) is 85.1 Å². The number of fused-ring (bicyclic) bond motifs is 2. The van der Waals surface area contributed by atoms with E-state index >= 15 is 0 Å². The number of non-ortho nitro benzene ring substituents is 2. The van der Waals surface area contributed by atoms with E-state index in [1.165, 1.54) is 34.8 Å². The van der Waals surface area contributed by atoms with Crippen molar-refractivity contribution >= 4 is 90.3 Å². The molecule has 2 aromatic heterocycles. The molecule has 0 radical (unpaired) electrons. The normalized spacial score (nSPS) is 11.1. The Labute approximate surface area is 261 Å². The van der Waals surface area contributed by atoms with Gasteiger partial charge >= 0.3 is 0 Å². The molecule has 216 valence electrons. The minimum absolute atomic E-state index is 0.0408. The van der Waals surface area contributed by atoms with Crippen molar-refractivity contribution in [2.45, 2.75) is 13.3 Å². The van der Waals surface area contributed by atoms with E-state index < -0.39 is 9.85 Å². The third-order valence-electron chi connectivity index (χ3n) is 6.55. The summed E-state index contributed by atoms with van der Waals surface area (Å²) in [6.07, 6.45) is 0. The molecule has 11 nitrogen and oxygen atoms in total. The standard InChI is InChI=1S/C28H20N6O5S4/c35-33(36)19-5-11-23-25(13-19)42-27(40)31(23)15-29-17-1-7-21(8-2-17)39-22-9-3-18(4-10-22)30-16-32-24-12-6-20(34(37)38)14-26(24)43-28(32)41/h1-14,29-30H,15-16H2. The molecule has 0 aliphatic carbocycles. The van der Waals surface area contributed by atoms with Crippen LogP contribution in [-0.4, -0.2) is 19.0 Å². The number of nitro benzene ring substituents is 2. The maximum atomic E-state index is 11.1. The maximum Gasteiger partial charge on any atom is 0.270 e. The maximum absolute atomic E-state index is 11.1. The van der Waals surface area contributed by atoms with Gasteiger partial charge in [0.1, 0.15) is 11.5 Å². The number of anilines is 2. The van der Waals surface area contributed by atoms with Gasteiger partial charge in [-0.15, -0.1) is 22.7 Å². The number of rotatable bonds is 10. The molecule has 15 heteroatoms. The summed E-state index contributed by atoms with van der Waals surface area (Å²) >= 11 is 13.6. The van der Waals surface area contributed by atoms with Gasteiger partial charge in [0.2, 0.25) is 0 Å². The van der Waals surface area contributed by atoms with Crippen LogP contribution < -0.4 is 15.4 Å². The molecule has 0 aliphatic heterocycles. The van der Waals surface area contributed by atoms with Crippen LogP contribution in [0.4, 0.5) is 22.7 Å². The predicted octanol–water partition coefficient (Wildman–Crippen LogP) is 8.93. The molecule has 43 heavy (non-hydrogen) atoms. The average Bonchev–Trinajstić information content (AvgIpc) is 3.49. The lowest BCUT2D eigenvalue weighted by molar-refractivity contribution is -0.384. The van der Waals surface area contributed by atoms with Crippen molar-refractivity contribution in [1.82, 2.24) is 9.13 Å². The number of aromatic nitrogens is 2. The fourth-order valence-electron chi connectivity index (χ4n) is 4.40. The van der Waals surface area contributed by atoms with Gasteiger partial charge in [-0.3, -0.25) is 20.2 Å². The third-order valence-corrected chi connectivity index (χ3v) is 9.38. The Hall–Kier alpha value is -4.70. The molecule has 0 saturated carbocycles. The van der Waals surface area contributed by atoms with E-state index in [-0.39, 0.29) is 11.4 Å². The van der Waals surface area contributed by atoms with Gasteiger partial charge in [0, 0.05) is 35.6 Å². The second-order valence-electron chi connectivity index (χ2n) is 9.23. The highest BCUT2D eigenvalue weighted by Crippen LogP contribution is 2.30. The van der Waals surface area contributed by atoms with Gasteiger partial charge < -0.3 is 24.5 Å². The van der Waals surface area contributed by atoms with Crippen LogP contribution in [-0.2, 0) is 13.3 Å². The number of thiazole rings is 2. The first kappa shape index (κ1) is 28.4. The summed E-state index contributed by atoms with van der Waals surface area (Å²) in [4.78, 5) is 21.3. The first-order valence-electron chi connectivity index (χ1n) is 12.7. The molecule has 0 spiro atoms. The first-order valence-corrected chi connectivity index (χ1v) is 15.1. The third kappa shape index (κ3) is 6.10. The molecule has 0 aliphatic rings. The summed E-state index contributed by atoms with van der Waals surface area (Å²) in [6.45, 7) is 0.829. The number of hydrogen-bond donors (Lipinski definition) is 2. The Morgan fingerprint density at radius 3 is 1.42 bits per heavy atom. The first-order chi connectivity index (χ1) is 20.7. The summed E-state index contributed by atoms with van der Waals surface area (Å²) in [5.74, 6) is 1.34. The van der Waals surface area contributed by atoms with Crippen molar-refractivity contribution in [1.29, 1.82) is 0 Å². The Bertz CT molecular complexity index is 1970. The number of nitrogens with one attached hydrogen (secondary N) is 2. The Morgan fingerprint density at radius 1 is 0.651 bits per heavy atom. The van der Waals surface area contributed by atoms with Gasteiger partial charge in [0.25, 0.3) is 11.4 Å². The molecule has 0 fully saturated rings. The molecule has 0 bridgehead atoms. The van der Waals surface area contributed by atoms with Crippen LogP contribution in [0.2, 0.25) is 0 Å². The van der Waals surface area contributed by atoms with Crippen LogP contribution in [0.3, 0.4) is 0 Å². The van der Waals surface area contributed by atoms with Crippen molar-refractivity contribution < 1.29 is 14.6 Å². The lowest BCUT2D eigenvalue weighted by Crippen LogP contribution is -2.07. The molecule has 4 aromatic carbocycles. The Kier molecular flexibility index (Phi) is 7.86. The topological polar surface area (TPSA) is 129 Å². The molecule has 2 heterocycles. The van der Waals surface area contributed by atoms with Gasteiger partial charge in [-0.2, -0.15) is 0 Å². The Balaban J connectivity index is 1.06. The van der Waals surface area contributed by atoms with E-state index in [1.54, 1.807) is 24.3 Å². The molecule has 6 rings (SSSR count). The van der Waals surface area contributed by atoms with E-state index in [1.807, 2.05) is 57.7 Å². The molecule has 0 atom stereocenters. The molecular weight excluding hydrogens is 629 g/mol. The van der Waals surface area contributed by atoms with Crippen LogP contribution in [0.5, 0.6) is 11.5 Å². The predicted molar refractivity (Wildman–Crippen MR) is 175 cm³/mol. The zero-order valence-electron chi connectivity index (χ0n) is 22.0. The molecule has 6 aromatic rings. The quantitative estimate of drug-likeness (QED) is 0.0849. The van der Waals surface area contributed by atoms with E-state index in [0.29, 0.717) is 32.7 Å². The number of nitro groups is 2. The molecule has 0 unspecified atom stereocenters. The minimum Gasteiger partial charge on any atom is -0.457 e. The summed E-state index contributed by atoms with van der Waals surface area (Å²) in [7, 11) is 0. The number of hydrogen-bond acceptors (Lipinski definition) is 11. The van der Waals surface area contributed by atoms with Gasteiger partial charge in [-0.1, -0.05) is 0 Å². The molecule has 2 N–H and O–H groups in total. The van der Waals surface area contributed by atoms with Crippen LogP contribution in [0, 0.1) is 28.1 Å². The average molecular weight is 649 g/mol. The largest absolute Gasteiger partial charge is 0.457 e. The monoisotopic (exact) mass is 648 g/mol. The number of benzene rings is 4. The fraction of sp³-hybridized carbons (Fsp3) is 0.0714. The molecule has 0 amide bonds. The smallest absolute Gasteiger partial charge is 0.270 e. The number of ether oxygens (including phenoxy) is 1. The van der Waals surface area contributed by atoms with Crippen molar-refractivity contribution in [3.8, 4) is 11.5 Å². The Morgan fingerprint density at radius 2 is 1.05 bits per heavy atom. The SMILES string of the molecule is O=[N+]([O-])c1ccc2c(c1)sc(=S)n2CNc1ccc(Oc2ccc(NCn3c(=S)sc4cc([N+](=O)[O-])ccc43)cc2)cc1. The highest BCUT2D eigenvalue weighted by atomic mass is 32.2. The number of nitrogens with zero attached hydrogens (tertiary/aromatic N) is 4. The highest BCUT2D eigenvalue weighted by Gasteiger charge is 2.12. The van der Waals surface area contributed by atoms with Crippen molar-refractivity contribution in [3.63, 3.8) is 0 Å². The van der Waals surface area contributed by atoms with Crippen molar-refractivity contribution in [2.75, 3.05) is 10.6 Å². The van der Waals surface area contributed by atoms with Gasteiger partial charge in [0.15, 0.2) is 7.91 Å². The van der Waals surface area contributed by atoms with E-state index in [0.717, 1.165) is 31.8 Å². The summed E-state index contributed by atoms with van der Waals surface area (Å²) in [5, 5.41) is 28.8. The van der Waals surface area contributed by atoms with Crippen LogP contribution in [0.1, 0.15) is 0 Å². The van der Waals surface area contributed by atoms with Gasteiger partial charge in [0.05, 0.1) is 43.6 Å². The van der Waals surface area contributed by atoms with Crippen LogP contribution >= 0.6 is 47.1 Å². The lowest BCUT2D eigenvalue weighted by Gasteiger charge is -2.11. The summed E-state index contributed by atoms with van der Waals surface area (Å²) in [6, 6.07) is 24.5. The lowest BCUT2D eigenvalue weighted by atomic mass is 10.3. The molecular formula is C28H20N6O5S4. The van der Waals surface area contributed by atoms with Crippen LogP contribution in [0.15, 0.2) is 84.9 Å². The second kappa shape index (κ2) is 11.9. The van der Waals surface area contributed by atoms with Crippen molar-refractivity contribution in [3.05, 3.63) is 113 Å². The van der Waals surface area contributed by atoms with E-state index in [2.05, 4.69) is 10.6 Å². The zero-order chi connectivity index (χ0) is 30.1. The van der Waals surface area contributed by atoms with Crippen LogP contribution in [0.25, 0.3) is 20.4 Å². The highest BCUT2D eigenvalue weighted by molar-refractivity contribution is 7.74. The second-order valence-corrected chi connectivity index (χ2v) is 12.6. The van der Waals surface area contributed by atoms with Crippen molar-refractivity contribution in [2.24, 2.45) is 0 Å². The van der Waals surface area contributed by atoms with E-state index in [4.69, 9.17) is 29.2 Å². The summed E-state index contributed by atoms with van der Waals surface area (Å²) < 4.78 is 12.6.